The maximum atomic E-state index is 11.2. The smallest absolute Gasteiger partial charge is 0.304 e. The minimum absolute atomic E-state index is 0.235. The molecule has 0 bridgehead atoms. The van der Waals surface area contributed by atoms with Crippen molar-refractivity contribution in [3.05, 3.63) is 11.6 Å². The molecule has 3 rings (SSSR count). The van der Waals surface area contributed by atoms with Crippen molar-refractivity contribution in [2.75, 3.05) is 6.61 Å². The number of hydrogen-bond acceptors (Lipinski definition) is 3. The molecule has 1 aliphatic heterocycles. The van der Waals surface area contributed by atoms with Crippen LogP contribution in [0.1, 0.15) is 66.2 Å². The van der Waals surface area contributed by atoms with Crippen LogP contribution in [-0.4, -0.2) is 18.9 Å². The molecule has 1 saturated carbocycles. The van der Waals surface area contributed by atoms with Gasteiger partial charge in [-0.1, -0.05) is 38.8 Å². The monoisotopic (exact) mass is 306 g/mol. The fraction of sp³-hybridized carbons (Fsp3) is 0.842. The van der Waals surface area contributed by atoms with Crippen LogP contribution in [0.5, 0.6) is 0 Å². The third-order valence-corrected chi connectivity index (χ3v) is 6.02. The molecule has 0 aromatic rings. The van der Waals surface area contributed by atoms with Crippen molar-refractivity contribution in [3.63, 3.8) is 0 Å². The predicted molar refractivity (Wildman–Crippen MR) is 86.2 cm³/mol. The van der Waals surface area contributed by atoms with Crippen LogP contribution in [0.4, 0.5) is 0 Å². The minimum Gasteiger partial charge on any atom is -0.436 e. The third kappa shape index (κ3) is 3.10. The van der Waals surface area contributed by atoms with E-state index in [4.69, 9.17) is 9.47 Å². The number of hydrogen-bond donors (Lipinski definition) is 0. The average Bonchev–Trinajstić information content (AvgIpc) is 2.79. The predicted octanol–water partition coefficient (Wildman–Crippen LogP) is 4.46. The van der Waals surface area contributed by atoms with E-state index in [1.54, 1.807) is 5.57 Å². The summed E-state index contributed by atoms with van der Waals surface area (Å²) in [5.41, 5.74) is 2.44. The van der Waals surface area contributed by atoms with E-state index in [2.05, 4.69) is 26.8 Å². The molecule has 124 valence electrons. The Morgan fingerprint density at radius 2 is 2.09 bits per heavy atom. The van der Waals surface area contributed by atoms with Crippen molar-refractivity contribution in [3.8, 4) is 0 Å². The minimum atomic E-state index is -0.323. The number of rotatable bonds is 2. The number of fused-ring (bicyclic) bond motifs is 1. The Bertz CT molecular complexity index is 479. The first-order valence-corrected chi connectivity index (χ1v) is 8.79. The Kier molecular flexibility index (Phi) is 4.13. The van der Waals surface area contributed by atoms with Gasteiger partial charge < -0.3 is 9.47 Å². The van der Waals surface area contributed by atoms with Gasteiger partial charge in [0.15, 0.2) is 0 Å². The second kappa shape index (κ2) is 5.67. The van der Waals surface area contributed by atoms with E-state index in [0.29, 0.717) is 29.3 Å². The maximum absolute atomic E-state index is 11.2. The number of carbonyl (C=O) groups excluding carboxylic acids is 1. The van der Waals surface area contributed by atoms with E-state index in [1.807, 2.05) is 0 Å². The molecule has 22 heavy (non-hydrogen) atoms. The second-order valence-corrected chi connectivity index (χ2v) is 8.62. The highest BCUT2D eigenvalue weighted by Crippen LogP contribution is 2.53. The summed E-state index contributed by atoms with van der Waals surface area (Å²) in [6.45, 7) is 9.44. The van der Waals surface area contributed by atoms with Crippen LogP contribution in [0.25, 0.3) is 0 Å². The van der Waals surface area contributed by atoms with Crippen molar-refractivity contribution in [1.82, 2.24) is 0 Å². The summed E-state index contributed by atoms with van der Waals surface area (Å²) in [5, 5.41) is 0. The summed E-state index contributed by atoms with van der Waals surface area (Å²) >= 11 is 0. The van der Waals surface area contributed by atoms with Crippen LogP contribution in [0.15, 0.2) is 11.6 Å². The van der Waals surface area contributed by atoms with Crippen molar-refractivity contribution in [2.45, 2.75) is 72.5 Å². The lowest BCUT2D eigenvalue weighted by molar-refractivity contribution is -0.173. The van der Waals surface area contributed by atoms with Crippen molar-refractivity contribution >= 4 is 5.97 Å². The molecule has 3 aliphatic rings. The summed E-state index contributed by atoms with van der Waals surface area (Å²) < 4.78 is 11.1. The third-order valence-electron chi connectivity index (χ3n) is 6.02. The Labute approximate surface area is 134 Å². The molecule has 0 unspecified atom stereocenters. The first-order chi connectivity index (χ1) is 10.3. The van der Waals surface area contributed by atoms with E-state index in [9.17, 15) is 4.79 Å². The second-order valence-electron chi connectivity index (χ2n) is 8.62. The Morgan fingerprint density at radius 3 is 2.77 bits per heavy atom. The van der Waals surface area contributed by atoms with Gasteiger partial charge in [0.2, 0.25) is 6.29 Å². The highest BCUT2D eigenvalue weighted by Gasteiger charge is 2.45. The zero-order chi connectivity index (χ0) is 16.0. The number of allylic oxidation sites excluding steroid dienone is 1. The Balaban J connectivity index is 1.74. The van der Waals surface area contributed by atoms with Crippen molar-refractivity contribution < 1.29 is 14.3 Å². The van der Waals surface area contributed by atoms with Gasteiger partial charge in [0.1, 0.15) is 0 Å². The van der Waals surface area contributed by atoms with Crippen molar-refractivity contribution in [2.24, 2.45) is 22.7 Å². The van der Waals surface area contributed by atoms with Gasteiger partial charge in [-0.25, -0.2) is 0 Å². The average molecular weight is 306 g/mol. The van der Waals surface area contributed by atoms with E-state index < -0.39 is 0 Å². The van der Waals surface area contributed by atoms with E-state index in [1.165, 1.54) is 32.6 Å². The highest BCUT2D eigenvalue weighted by atomic mass is 16.7. The van der Waals surface area contributed by atoms with E-state index >= 15 is 0 Å². The number of carbonyl (C=O) groups is 1. The molecule has 4 atom stereocenters. The Morgan fingerprint density at radius 1 is 1.32 bits per heavy atom. The van der Waals surface area contributed by atoms with Crippen LogP contribution in [-0.2, 0) is 14.3 Å². The zero-order valence-electron chi connectivity index (χ0n) is 14.5. The first kappa shape index (κ1) is 16.0. The fourth-order valence-electron chi connectivity index (χ4n) is 5.09. The molecule has 3 heteroatoms. The van der Waals surface area contributed by atoms with Gasteiger partial charge in [0.25, 0.3) is 0 Å². The lowest BCUT2D eigenvalue weighted by Gasteiger charge is -2.46. The van der Waals surface area contributed by atoms with Crippen LogP contribution >= 0.6 is 0 Å². The summed E-state index contributed by atoms with van der Waals surface area (Å²) in [4.78, 5) is 11.2. The molecule has 0 aromatic carbocycles. The lowest BCUT2D eigenvalue weighted by Crippen LogP contribution is -2.35. The molecule has 0 spiro atoms. The highest BCUT2D eigenvalue weighted by molar-refractivity contribution is 5.66. The molecule has 1 saturated heterocycles. The lowest BCUT2D eigenvalue weighted by atomic mass is 9.59. The summed E-state index contributed by atoms with van der Waals surface area (Å²) in [7, 11) is 0. The standard InChI is InChI=1S/C19H30O3/c1-13(20)22-17-16-7-6-15(10-14(16)11-21-17)19(4)9-5-8-18(2,3)12-19/h10,14,16-17H,5-9,11-12H2,1-4H3/t14-,16-,17+,19+/m0/s1. The molecule has 1 heterocycles. The quantitative estimate of drug-likeness (QED) is 0.558. The van der Waals surface area contributed by atoms with Crippen LogP contribution in [0.2, 0.25) is 0 Å². The van der Waals surface area contributed by atoms with Gasteiger partial charge in [-0.3, -0.25) is 4.79 Å². The molecule has 2 aliphatic carbocycles. The zero-order valence-corrected chi connectivity index (χ0v) is 14.5. The summed E-state index contributed by atoms with van der Waals surface area (Å²) in [6, 6.07) is 0. The van der Waals surface area contributed by atoms with Crippen LogP contribution in [0.3, 0.4) is 0 Å². The molecule has 3 nitrogen and oxygen atoms in total. The van der Waals surface area contributed by atoms with Gasteiger partial charge >= 0.3 is 5.97 Å². The molecule has 2 fully saturated rings. The van der Waals surface area contributed by atoms with Gasteiger partial charge in [0, 0.05) is 18.8 Å². The number of ether oxygens (including phenoxy) is 2. The molecule has 0 radical (unpaired) electrons. The van der Waals surface area contributed by atoms with Crippen molar-refractivity contribution in [1.29, 1.82) is 0 Å². The molecule has 0 N–H and O–H groups in total. The largest absolute Gasteiger partial charge is 0.436 e. The molecule has 0 aromatic heterocycles. The fourth-order valence-corrected chi connectivity index (χ4v) is 5.09. The van der Waals surface area contributed by atoms with Crippen LogP contribution in [0, 0.1) is 22.7 Å². The summed E-state index contributed by atoms with van der Waals surface area (Å²) in [6.07, 6.45) is 9.65. The van der Waals surface area contributed by atoms with Gasteiger partial charge in [-0.15, -0.1) is 0 Å². The van der Waals surface area contributed by atoms with Crippen LogP contribution < -0.4 is 0 Å². The van der Waals surface area contributed by atoms with E-state index in [-0.39, 0.29) is 12.3 Å². The van der Waals surface area contributed by atoms with E-state index in [0.717, 1.165) is 12.8 Å². The number of esters is 1. The van der Waals surface area contributed by atoms with Gasteiger partial charge in [0.05, 0.1) is 6.61 Å². The van der Waals surface area contributed by atoms with Gasteiger partial charge in [-0.05, 0) is 42.9 Å². The van der Waals surface area contributed by atoms with Gasteiger partial charge in [-0.2, -0.15) is 0 Å². The molecular formula is C19H30O3. The summed E-state index contributed by atoms with van der Waals surface area (Å²) in [5.74, 6) is 0.546. The molecular weight excluding hydrogens is 276 g/mol. The molecule has 0 amide bonds. The topological polar surface area (TPSA) is 35.5 Å². The maximum Gasteiger partial charge on any atom is 0.304 e. The SMILES string of the molecule is CC(=O)O[C@H]1OC[C@@H]2C=C([C@]3(C)CCCC(C)(C)C3)CC[C@H]12. The normalized spacial score (nSPS) is 40.7. The Hall–Kier alpha value is -0.830. The first-order valence-electron chi connectivity index (χ1n) is 8.79.